The highest BCUT2D eigenvalue weighted by atomic mass is 19.1. The van der Waals surface area contributed by atoms with Crippen LogP contribution in [0.15, 0.2) is 48.0 Å². The third kappa shape index (κ3) is 5.90. The zero-order chi connectivity index (χ0) is 25.5. The Bertz CT molecular complexity index is 1080. The summed E-state index contributed by atoms with van der Waals surface area (Å²) in [5.74, 6) is -1.71. The molecular weight excluding hydrogens is 447 g/mol. The molecule has 1 atom stereocenters. The molecule has 0 aromatic heterocycles. The van der Waals surface area contributed by atoms with Gasteiger partial charge in [0.25, 0.3) is 5.91 Å². The van der Waals surface area contributed by atoms with Crippen molar-refractivity contribution in [3.63, 3.8) is 0 Å². The molecule has 0 aliphatic carbocycles. The van der Waals surface area contributed by atoms with Crippen molar-refractivity contribution in [1.29, 1.82) is 0 Å². The van der Waals surface area contributed by atoms with E-state index >= 15 is 0 Å². The number of benzene rings is 2. The first-order chi connectivity index (χ1) is 16.8. The second-order valence-corrected chi connectivity index (χ2v) is 8.91. The SMILES string of the molecule is CCCCOc1ccc(C([O-])=C2C(=O)C(=O)N(CC[NH+](CC)CC)C2c2ccc(F)cc2)cc1C. The van der Waals surface area contributed by atoms with Crippen LogP contribution in [0.5, 0.6) is 5.75 Å². The number of Topliss-reactive ketones (excluding diaryl/α,β-unsaturated/α-hetero) is 1. The van der Waals surface area contributed by atoms with E-state index in [9.17, 15) is 19.1 Å². The minimum Gasteiger partial charge on any atom is -0.872 e. The molecule has 1 heterocycles. The molecule has 1 aliphatic rings. The Morgan fingerprint density at radius 3 is 2.37 bits per heavy atom. The fraction of sp³-hybridized carbons (Fsp3) is 0.429. The first kappa shape index (κ1) is 26.4. The van der Waals surface area contributed by atoms with Crippen LogP contribution in [0.25, 0.3) is 5.76 Å². The number of unbranched alkanes of at least 4 members (excludes halogenated alkanes) is 1. The maximum atomic E-state index is 13.6. The number of amides is 1. The van der Waals surface area contributed by atoms with Crippen molar-refractivity contribution in [1.82, 2.24) is 4.90 Å². The number of carbonyl (C=O) groups excluding carboxylic acids is 2. The molecule has 1 amide bonds. The summed E-state index contributed by atoms with van der Waals surface area (Å²) in [6.07, 6.45) is 1.94. The topological polar surface area (TPSA) is 74.1 Å². The minimum atomic E-state index is -0.848. The lowest BCUT2D eigenvalue weighted by Gasteiger charge is -2.28. The van der Waals surface area contributed by atoms with E-state index in [2.05, 4.69) is 20.8 Å². The molecule has 35 heavy (non-hydrogen) atoms. The quantitative estimate of drug-likeness (QED) is 0.231. The standard InChI is InChI=1S/C28H35FN2O4/c1-5-8-17-35-23-14-11-21(18-19(23)4)26(32)24-25(20-9-12-22(29)13-10-20)31(28(34)27(24)33)16-15-30(6-2)7-3/h9-14,18,25,32H,5-8,15-17H2,1-4H3. The molecule has 2 aromatic carbocycles. The molecule has 1 saturated heterocycles. The number of likely N-dealkylation sites (N-methyl/N-ethyl adjacent to an activating group) is 1. The molecule has 0 bridgehead atoms. The molecule has 0 radical (unpaired) electrons. The highest BCUT2D eigenvalue weighted by molar-refractivity contribution is 6.46. The largest absolute Gasteiger partial charge is 0.872 e. The van der Waals surface area contributed by atoms with Gasteiger partial charge in [0.05, 0.1) is 38.8 Å². The highest BCUT2D eigenvalue weighted by Gasteiger charge is 2.44. The van der Waals surface area contributed by atoms with Crippen molar-refractivity contribution >= 4 is 17.4 Å². The minimum absolute atomic E-state index is 0.0878. The zero-order valence-corrected chi connectivity index (χ0v) is 21.0. The summed E-state index contributed by atoms with van der Waals surface area (Å²) in [5, 5.41) is 13.6. The van der Waals surface area contributed by atoms with Crippen LogP contribution < -0.4 is 14.7 Å². The maximum absolute atomic E-state index is 13.6. The third-order valence-corrected chi connectivity index (χ3v) is 6.61. The Hall–Kier alpha value is -3.19. The summed E-state index contributed by atoms with van der Waals surface area (Å²) in [4.78, 5) is 28.9. The van der Waals surface area contributed by atoms with Crippen LogP contribution >= 0.6 is 0 Å². The van der Waals surface area contributed by atoms with Gasteiger partial charge in [-0.1, -0.05) is 37.3 Å². The molecule has 188 valence electrons. The Morgan fingerprint density at radius 2 is 1.77 bits per heavy atom. The van der Waals surface area contributed by atoms with Gasteiger partial charge in [-0.3, -0.25) is 9.59 Å². The fourth-order valence-electron chi connectivity index (χ4n) is 4.41. The predicted molar refractivity (Wildman–Crippen MR) is 131 cm³/mol. The van der Waals surface area contributed by atoms with Gasteiger partial charge in [-0.25, -0.2) is 4.39 Å². The van der Waals surface area contributed by atoms with E-state index < -0.39 is 29.3 Å². The second kappa shape index (κ2) is 12.0. The van der Waals surface area contributed by atoms with Crippen LogP contribution in [0, 0.1) is 12.7 Å². The number of carbonyl (C=O) groups is 2. The summed E-state index contributed by atoms with van der Waals surface area (Å²) in [5.41, 5.74) is 1.56. The van der Waals surface area contributed by atoms with E-state index in [0.29, 0.717) is 36.6 Å². The van der Waals surface area contributed by atoms with Gasteiger partial charge in [-0.2, -0.15) is 0 Å². The van der Waals surface area contributed by atoms with Gasteiger partial charge >= 0.3 is 0 Å². The second-order valence-electron chi connectivity index (χ2n) is 8.91. The molecule has 7 heteroatoms. The van der Waals surface area contributed by atoms with Crippen molar-refractivity contribution < 1.29 is 28.7 Å². The van der Waals surface area contributed by atoms with Crippen LogP contribution in [0.3, 0.4) is 0 Å². The summed E-state index contributed by atoms with van der Waals surface area (Å²) in [6.45, 7) is 11.4. The normalized spacial score (nSPS) is 17.4. The number of nitrogens with zero attached hydrogens (tertiary/aromatic N) is 1. The van der Waals surface area contributed by atoms with Crippen LogP contribution in [0.1, 0.15) is 56.3 Å². The summed E-state index contributed by atoms with van der Waals surface area (Å²) >= 11 is 0. The molecule has 0 spiro atoms. The number of nitrogens with one attached hydrogen (secondary N) is 1. The average Bonchev–Trinajstić information content (AvgIpc) is 3.10. The summed E-state index contributed by atoms with van der Waals surface area (Å²) < 4.78 is 19.4. The van der Waals surface area contributed by atoms with Crippen molar-refractivity contribution in [2.45, 2.75) is 46.6 Å². The summed E-state index contributed by atoms with van der Waals surface area (Å²) in [6, 6.07) is 9.84. The molecule has 1 unspecified atom stereocenters. The third-order valence-electron chi connectivity index (χ3n) is 6.61. The number of ether oxygens (including phenoxy) is 1. The molecule has 1 fully saturated rings. The Labute approximate surface area is 207 Å². The van der Waals surface area contributed by atoms with Crippen LogP contribution in [0.4, 0.5) is 4.39 Å². The van der Waals surface area contributed by atoms with Crippen molar-refractivity contribution in [2.75, 3.05) is 32.8 Å². The number of likely N-dealkylation sites (tertiary alicyclic amines) is 1. The maximum Gasteiger partial charge on any atom is 0.295 e. The Kier molecular flexibility index (Phi) is 9.04. The van der Waals surface area contributed by atoms with E-state index in [4.69, 9.17) is 4.74 Å². The van der Waals surface area contributed by atoms with Crippen LogP contribution in [-0.4, -0.2) is 49.4 Å². The monoisotopic (exact) mass is 482 g/mol. The van der Waals surface area contributed by atoms with Crippen molar-refractivity contribution in [3.05, 3.63) is 70.5 Å². The van der Waals surface area contributed by atoms with Gasteiger partial charge in [0.15, 0.2) is 0 Å². The van der Waals surface area contributed by atoms with Gasteiger partial charge in [0.2, 0.25) is 5.78 Å². The zero-order valence-electron chi connectivity index (χ0n) is 21.0. The number of quaternary nitrogens is 1. The summed E-state index contributed by atoms with van der Waals surface area (Å²) in [7, 11) is 0. The van der Waals surface area contributed by atoms with Gasteiger partial charge in [-0.15, -0.1) is 0 Å². The molecule has 1 N–H and O–H groups in total. The fourth-order valence-corrected chi connectivity index (χ4v) is 4.41. The number of rotatable bonds is 11. The molecule has 0 saturated carbocycles. The lowest BCUT2D eigenvalue weighted by atomic mass is 9.94. The first-order valence-electron chi connectivity index (χ1n) is 12.4. The molecular formula is C28H35FN2O4. The van der Waals surface area contributed by atoms with E-state index in [1.54, 1.807) is 18.2 Å². The first-order valence-corrected chi connectivity index (χ1v) is 12.4. The lowest BCUT2D eigenvalue weighted by Crippen LogP contribution is -3.12. The number of aryl methyl sites for hydroxylation is 1. The average molecular weight is 483 g/mol. The highest BCUT2D eigenvalue weighted by Crippen LogP contribution is 2.38. The molecule has 2 aromatic rings. The smallest absolute Gasteiger partial charge is 0.295 e. The Balaban J connectivity index is 2.03. The van der Waals surface area contributed by atoms with E-state index in [1.165, 1.54) is 34.1 Å². The van der Waals surface area contributed by atoms with E-state index in [-0.39, 0.29) is 5.57 Å². The van der Waals surface area contributed by atoms with Gasteiger partial charge < -0.3 is 19.6 Å². The van der Waals surface area contributed by atoms with E-state index in [0.717, 1.165) is 31.5 Å². The molecule has 3 rings (SSSR count). The lowest BCUT2D eigenvalue weighted by molar-refractivity contribution is -0.895. The Morgan fingerprint density at radius 1 is 1.09 bits per heavy atom. The number of hydrogen-bond donors (Lipinski definition) is 1. The van der Waals surface area contributed by atoms with Gasteiger partial charge in [0, 0.05) is 5.57 Å². The van der Waals surface area contributed by atoms with E-state index in [1.807, 2.05) is 6.92 Å². The number of hydrogen-bond acceptors (Lipinski definition) is 4. The number of halogens is 1. The van der Waals surface area contributed by atoms with Crippen LogP contribution in [-0.2, 0) is 9.59 Å². The van der Waals surface area contributed by atoms with Crippen molar-refractivity contribution in [3.8, 4) is 5.75 Å². The van der Waals surface area contributed by atoms with Crippen LogP contribution in [0.2, 0.25) is 0 Å². The van der Waals surface area contributed by atoms with Crippen molar-refractivity contribution in [2.24, 2.45) is 0 Å². The number of ketones is 1. The van der Waals surface area contributed by atoms with Gasteiger partial charge in [0.1, 0.15) is 11.6 Å². The predicted octanol–water partition coefficient (Wildman–Crippen LogP) is 2.46. The molecule has 6 nitrogen and oxygen atoms in total. The molecule has 1 aliphatic heterocycles. The van der Waals surface area contributed by atoms with Gasteiger partial charge in [-0.05, 0) is 68.1 Å².